The number of rotatable bonds is 5. The molecule has 0 aliphatic rings. The Morgan fingerprint density at radius 1 is 1.10 bits per heavy atom. The number of anilines is 1. The zero-order valence-electron chi connectivity index (χ0n) is 11.5. The third kappa shape index (κ3) is 2.99. The van der Waals surface area contributed by atoms with Gasteiger partial charge in [0.1, 0.15) is 12.7 Å². The maximum atomic E-state index is 4.43. The van der Waals surface area contributed by atoms with Crippen LogP contribution >= 0.6 is 0 Å². The van der Waals surface area contributed by atoms with Gasteiger partial charge in [-0.2, -0.15) is 15.0 Å². The van der Waals surface area contributed by atoms with Gasteiger partial charge in [0.05, 0.1) is 5.56 Å². The molecule has 0 unspecified atom stereocenters. The number of imidazole rings is 1. The zero-order valence-corrected chi connectivity index (χ0v) is 11.5. The molecular weight excluding hydrogens is 268 g/mol. The minimum Gasteiger partial charge on any atom is -0.354 e. The molecule has 8 heteroatoms. The van der Waals surface area contributed by atoms with Gasteiger partial charge in [-0.05, 0) is 6.42 Å². The maximum Gasteiger partial charge on any atom is 0.240 e. The molecule has 21 heavy (non-hydrogen) atoms. The van der Waals surface area contributed by atoms with Crippen molar-refractivity contribution in [3.8, 4) is 17.3 Å². The van der Waals surface area contributed by atoms with E-state index in [1.807, 2.05) is 0 Å². The quantitative estimate of drug-likeness (QED) is 0.754. The molecule has 0 bridgehead atoms. The second-order valence-electron chi connectivity index (χ2n) is 4.31. The van der Waals surface area contributed by atoms with Crippen molar-refractivity contribution in [3.05, 3.63) is 37.4 Å². The number of hydrogen-bond donors (Lipinski definition) is 1. The van der Waals surface area contributed by atoms with Crippen LogP contribution in [0.5, 0.6) is 0 Å². The molecule has 106 valence electrons. The van der Waals surface area contributed by atoms with Gasteiger partial charge in [-0.1, -0.05) is 6.92 Å². The van der Waals surface area contributed by atoms with Gasteiger partial charge in [-0.25, -0.2) is 15.0 Å². The molecule has 0 aromatic carbocycles. The molecule has 0 aliphatic carbocycles. The Labute approximate surface area is 121 Å². The molecule has 0 atom stereocenters. The van der Waals surface area contributed by atoms with Crippen LogP contribution in [0.25, 0.3) is 17.3 Å². The molecule has 1 N–H and O–H groups in total. The summed E-state index contributed by atoms with van der Waals surface area (Å²) in [6.45, 7) is 2.87. The van der Waals surface area contributed by atoms with Crippen LogP contribution in [0, 0.1) is 0 Å². The van der Waals surface area contributed by atoms with Crippen LogP contribution in [0.1, 0.15) is 13.3 Å². The molecule has 0 amide bonds. The summed E-state index contributed by atoms with van der Waals surface area (Å²) in [6, 6.07) is 0. The van der Waals surface area contributed by atoms with Crippen LogP contribution in [0.4, 0.5) is 5.95 Å². The molecule has 3 heterocycles. The van der Waals surface area contributed by atoms with Gasteiger partial charge in [0.25, 0.3) is 0 Å². The molecule has 0 saturated carbocycles. The fourth-order valence-corrected chi connectivity index (χ4v) is 1.72. The van der Waals surface area contributed by atoms with E-state index in [0.717, 1.165) is 18.5 Å². The number of nitrogens with zero attached hydrogens (tertiary/aromatic N) is 7. The largest absolute Gasteiger partial charge is 0.354 e. The predicted molar refractivity (Wildman–Crippen MR) is 76.8 cm³/mol. The van der Waals surface area contributed by atoms with E-state index in [-0.39, 0.29) is 0 Å². The summed E-state index contributed by atoms with van der Waals surface area (Å²) in [6.07, 6.45) is 10.9. The van der Waals surface area contributed by atoms with Crippen LogP contribution in [0.2, 0.25) is 0 Å². The van der Waals surface area contributed by atoms with Crippen molar-refractivity contribution in [2.75, 3.05) is 11.9 Å². The summed E-state index contributed by atoms with van der Waals surface area (Å²) in [5.41, 5.74) is 0.737. The normalized spacial score (nSPS) is 10.5. The van der Waals surface area contributed by atoms with Crippen LogP contribution in [-0.2, 0) is 0 Å². The topological polar surface area (TPSA) is 94.3 Å². The van der Waals surface area contributed by atoms with E-state index in [1.54, 1.807) is 35.7 Å². The highest BCUT2D eigenvalue weighted by Gasteiger charge is 2.10. The summed E-state index contributed by atoms with van der Waals surface area (Å²) < 4.78 is 1.73. The Kier molecular flexibility index (Phi) is 3.77. The highest BCUT2D eigenvalue weighted by Crippen LogP contribution is 2.15. The van der Waals surface area contributed by atoms with E-state index < -0.39 is 0 Å². The van der Waals surface area contributed by atoms with Crippen LogP contribution in [0.15, 0.2) is 37.4 Å². The third-order valence-corrected chi connectivity index (χ3v) is 2.71. The first-order chi connectivity index (χ1) is 10.4. The smallest absolute Gasteiger partial charge is 0.240 e. The summed E-state index contributed by atoms with van der Waals surface area (Å²) in [5, 5.41) is 3.17. The van der Waals surface area contributed by atoms with Crippen LogP contribution in [0.3, 0.4) is 0 Å². The van der Waals surface area contributed by atoms with E-state index in [4.69, 9.17) is 0 Å². The summed E-state index contributed by atoms with van der Waals surface area (Å²) in [4.78, 5) is 25.2. The Bertz CT molecular complexity index is 695. The van der Waals surface area contributed by atoms with Crippen molar-refractivity contribution in [3.63, 3.8) is 0 Å². The molecule has 3 aromatic rings. The first-order valence-electron chi connectivity index (χ1n) is 6.60. The molecule has 0 fully saturated rings. The molecule has 0 spiro atoms. The number of hydrogen-bond acceptors (Lipinski definition) is 7. The third-order valence-electron chi connectivity index (χ3n) is 2.71. The Morgan fingerprint density at radius 2 is 1.95 bits per heavy atom. The van der Waals surface area contributed by atoms with Crippen molar-refractivity contribution in [2.24, 2.45) is 0 Å². The minimum absolute atomic E-state index is 0.500. The maximum absolute atomic E-state index is 4.43. The van der Waals surface area contributed by atoms with Gasteiger partial charge < -0.3 is 5.32 Å². The van der Waals surface area contributed by atoms with Crippen LogP contribution in [-0.4, -0.2) is 41.0 Å². The number of aromatic nitrogens is 7. The van der Waals surface area contributed by atoms with Crippen molar-refractivity contribution in [1.82, 2.24) is 34.5 Å². The van der Waals surface area contributed by atoms with Crippen molar-refractivity contribution in [2.45, 2.75) is 13.3 Å². The van der Waals surface area contributed by atoms with Gasteiger partial charge in [0, 0.05) is 31.3 Å². The average Bonchev–Trinajstić information content (AvgIpc) is 3.08. The lowest BCUT2D eigenvalue weighted by Gasteiger charge is -2.08. The standard InChI is InChI=1S/C13H14N8/c1-2-3-17-12-18-11(10-6-15-8-16-7-10)19-13(20-12)21-5-4-14-9-21/h4-9H,2-3H2,1H3,(H,17,18,19,20). The lowest BCUT2D eigenvalue weighted by atomic mass is 10.3. The molecule has 3 aromatic heterocycles. The Balaban J connectivity index is 2.05. The van der Waals surface area contributed by atoms with Crippen molar-refractivity contribution in [1.29, 1.82) is 0 Å². The Hall–Kier alpha value is -2.90. The lowest BCUT2D eigenvalue weighted by molar-refractivity contribution is 0.881. The van der Waals surface area contributed by atoms with E-state index in [1.165, 1.54) is 6.33 Å². The van der Waals surface area contributed by atoms with Gasteiger partial charge in [0.2, 0.25) is 11.9 Å². The SMILES string of the molecule is CCCNc1nc(-c2cncnc2)nc(-n2ccnc2)n1. The fraction of sp³-hybridized carbons (Fsp3) is 0.231. The second-order valence-corrected chi connectivity index (χ2v) is 4.31. The minimum atomic E-state index is 0.500. The van der Waals surface area contributed by atoms with Gasteiger partial charge in [-0.3, -0.25) is 4.57 Å². The van der Waals surface area contributed by atoms with Crippen LogP contribution < -0.4 is 5.32 Å². The molecule has 0 radical (unpaired) electrons. The second kappa shape index (κ2) is 6.04. The highest BCUT2D eigenvalue weighted by molar-refractivity contribution is 5.54. The number of nitrogens with one attached hydrogen (secondary N) is 1. The first-order valence-corrected chi connectivity index (χ1v) is 6.60. The Morgan fingerprint density at radius 3 is 2.67 bits per heavy atom. The van der Waals surface area contributed by atoms with E-state index in [9.17, 15) is 0 Å². The van der Waals surface area contributed by atoms with E-state index in [0.29, 0.717) is 17.7 Å². The highest BCUT2D eigenvalue weighted by atomic mass is 15.2. The van der Waals surface area contributed by atoms with Crippen molar-refractivity contribution >= 4 is 5.95 Å². The van der Waals surface area contributed by atoms with Gasteiger partial charge in [-0.15, -0.1) is 0 Å². The molecular formula is C13H14N8. The van der Waals surface area contributed by atoms with Crippen molar-refractivity contribution < 1.29 is 0 Å². The monoisotopic (exact) mass is 282 g/mol. The summed E-state index contributed by atoms with van der Waals surface area (Å²) in [5.74, 6) is 1.54. The fourth-order valence-electron chi connectivity index (χ4n) is 1.72. The summed E-state index contributed by atoms with van der Waals surface area (Å²) in [7, 11) is 0. The zero-order chi connectivity index (χ0) is 14.5. The summed E-state index contributed by atoms with van der Waals surface area (Å²) >= 11 is 0. The van der Waals surface area contributed by atoms with E-state index >= 15 is 0 Å². The average molecular weight is 282 g/mol. The first kappa shape index (κ1) is 13.1. The molecule has 0 aliphatic heterocycles. The van der Waals surface area contributed by atoms with Gasteiger partial charge >= 0.3 is 0 Å². The molecule has 8 nitrogen and oxygen atoms in total. The van der Waals surface area contributed by atoms with E-state index in [2.05, 4.69) is 42.1 Å². The van der Waals surface area contributed by atoms with Gasteiger partial charge in [0.15, 0.2) is 5.82 Å². The molecule has 3 rings (SSSR count). The lowest BCUT2D eigenvalue weighted by Crippen LogP contribution is -2.10. The predicted octanol–water partition coefficient (Wildman–Crippen LogP) is 1.34. The molecule has 0 saturated heterocycles.